The molecule has 3 aromatic rings. The van der Waals surface area contributed by atoms with Crippen molar-refractivity contribution in [3.63, 3.8) is 0 Å². The highest BCUT2D eigenvalue weighted by Crippen LogP contribution is 2.24. The molecule has 0 bridgehead atoms. The van der Waals surface area contributed by atoms with Gasteiger partial charge in [0.15, 0.2) is 11.5 Å². The molecular formula is C15H14N6O. The summed E-state index contributed by atoms with van der Waals surface area (Å²) < 4.78 is 0. The predicted octanol–water partition coefficient (Wildman–Crippen LogP) is 2.34. The minimum absolute atomic E-state index is 0.322. The summed E-state index contributed by atoms with van der Waals surface area (Å²) in [6.45, 7) is 5.54. The van der Waals surface area contributed by atoms with E-state index in [1.807, 2.05) is 26.8 Å². The molecule has 0 radical (unpaired) electrons. The van der Waals surface area contributed by atoms with Crippen LogP contribution in [-0.4, -0.2) is 26.3 Å². The number of H-pyrrole nitrogens is 2. The first kappa shape index (κ1) is 13.8. The van der Waals surface area contributed by atoms with Gasteiger partial charge in [0, 0.05) is 16.6 Å². The van der Waals surface area contributed by atoms with E-state index in [1.165, 1.54) is 0 Å². The Bertz CT molecular complexity index is 928. The SMILES string of the molecule is Cc1cc2c(NC(=O)c3n[nH]c(C)c3C)n[nH]c2cc1C#N. The van der Waals surface area contributed by atoms with Crippen LogP contribution in [0, 0.1) is 32.1 Å². The van der Waals surface area contributed by atoms with Crippen molar-refractivity contribution in [2.45, 2.75) is 20.8 Å². The van der Waals surface area contributed by atoms with E-state index in [0.29, 0.717) is 22.6 Å². The lowest BCUT2D eigenvalue weighted by molar-refractivity contribution is 0.102. The van der Waals surface area contributed by atoms with Gasteiger partial charge in [-0.25, -0.2) is 0 Å². The summed E-state index contributed by atoms with van der Waals surface area (Å²) in [5, 5.41) is 26.3. The quantitative estimate of drug-likeness (QED) is 0.673. The third-order valence-electron chi connectivity index (χ3n) is 3.73. The van der Waals surface area contributed by atoms with E-state index in [-0.39, 0.29) is 5.91 Å². The molecule has 2 aromatic heterocycles. The lowest BCUT2D eigenvalue weighted by Gasteiger charge is -2.02. The van der Waals surface area contributed by atoms with Crippen LogP contribution in [-0.2, 0) is 0 Å². The van der Waals surface area contributed by atoms with Crippen molar-refractivity contribution in [1.82, 2.24) is 20.4 Å². The third kappa shape index (κ3) is 2.11. The Morgan fingerprint density at radius 2 is 2.00 bits per heavy atom. The van der Waals surface area contributed by atoms with Crippen molar-refractivity contribution < 1.29 is 4.79 Å². The largest absolute Gasteiger partial charge is 0.303 e. The van der Waals surface area contributed by atoms with E-state index in [0.717, 1.165) is 22.2 Å². The minimum Gasteiger partial charge on any atom is -0.303 e. The van der Waals surface area contributed by atoms with E-state index in [9.17, 15) is 4.79 Å². The number of aromatic nitrogens is 4. The number of hydrogen-bond donors (Lipinski definition) is 3. The van der Waals surface area contributed by atoms with Crippen molar-refractivity contribution in [2.24, 2.45) is 0 Å². The van der Waals surface area contributed by atoms with Crippen LogP contribution in [0.15, 0.2) is 12.1 Å². The van der Waals surface area contributed by atoms with Crippen LogP contribution in [0.25, 0.3) is 10.9 Å². The average molecular weight is 294 g/mol. The smallest absolute Gasteiger partial charge is 0.277 e. The zero-order valence-electron chi connectivity index (χ0n) is 12.4. The number of aromatic amines is 2. The van der Waals surface area contributed by atoms with Gasteiger partial charge in [0.05, 0.1) is 17.1 Å². The van der Waals surface area contributed by atoms with Crippen LogP contribution in [0.3, 0.4) is 0 Å². The van der Waals surface area contributed by atoms with Gasteiger partial charge >= 0.3 is 0 Å². The number of hydrogen-bond acceptors (Lipinski definition) is 4. The van der Waals surface area contributed by atoms with Crippen molar-refractivity contribution in [1.29, 1.82) is 5.26 Å². The topological polar surface area (TPSA) is 110 Å². The molecule has 110 valence electrons. The summed E-state index contributed by atoms with van der Waals surface area (Å²) in [6, 6.07) is 5.67. The van der Waals surface area contributed by atoms with Gasteiger partial charge in [0.1, 0.15) is 0 Å². The summed E-state index contributed by atoms with van der Waals surface area (Å²) in [7, 11) is 0. The molecule has 0 saturated carbocycles. The average Bonchev–Trinajstić information content (AvgIpc) is 3.03. The molecule has 7 heteroatoms. The van der Waals surface area contributed by atoms with Gasteiger partial charge in [-0.1, -0.05) is 0 Å². The van der Waals surface area contributed by atoms with Crippen molar-refractivity contribution >= 4 is 22.6 Å². The van der Waals surface area contributed by atoms with E-state index in [1.54, 1.807) is 6.07 Å². The van der Waals surface area contributed by atoms with Crippen LogP contribution in [0.5, 0.6) is 0 Å². The molecule has 0 fully saturated rings. The predicted molar refractivity (Wildman–Crippen MR) is 81.6 cm³/mol. The molecule has 3 rings (SSSR count). The summed E-state index contributed by atoms with van der Waals surface area (Å²) in [6.07, 6.45) is 0. The molecule has 22 heavy (non-hydrogen) atoms. The maximum atomic E-state index is 12.3. The molecule has 0 saturated heterocycles. The summed E-state index contributed by atoms with van der Waals surface area (Å²) in [4.78, 5) is 12.3. The lowest BCUT2D eigenvalue weighted by Crippen LogP contribution is -2.14. The minimum atomic E-state index is -0.322. The molecule has 1 aromatic carbocycles. The number of nitrogens with one attached hydrogen (secondary N) is 3. The van der Waals surface area contributed by atoms with Gasteiger partial charge in [0.25, 0.3) is 5.91 Å². The van der Waals surface area contributed by atoms with E-state index < -0.39 is 0 Å². The fraction of sp³-hybridized carbons (Fsp3) is 0.200. The molecule has 3 N–H and O–H groups in total. The molecule has 0 atom stereocenters. The Morgan fingerprint density at radius 1 is 1.23 bits per heavy atom. The van der Waals surface area contributed by atoms with Gasteiger partial charge < -0.3 is 5.32 Å². The van der Waals surface area contributed by atoms with Crippen LogP contribution >= 0.6 is 0 Å². The number of anilines is 1. The van der Waals surface area contributed by atoms with Crippen LogP contribution < -0.4 is 5.32 Å². The van der Waals surface area contributed by atoms with Crippen molar-refractivity contribution in [2.75, 3.05) is 5.32 Å². The Hall–Kier alpha value is -3.14. The molecule has 1 amide bonds. The number of benzene rings is 1. The van der Waals surface area contributed by atoms with E-state index >= 15 is 0 Å². The zero-order chi connectivity index (χ0) is 15.9. The normalized spacial score (nSPS) is 10.6. The summed E-state index contributed by atoms with van der Waals surface area (Å²) in [5.74, 6) is 0.102. The second-order valence-corrected chi connectivity index (χ2v) is 5.17. The van der Waals surface area contributed by atoms with Gasteiger partial charge in [0.2, 0.25) is 0 Å². The monoisotopic (exact) mass is 294 g/mol. The number of rotatable bonds is 2. The number of fused-ring (bicyclic) bond motifs is 1. The molecule has 7 nitrogen and oxygen atoms in total. The highest BCUT2D eigenvalue weighted by Gasteiger charge is 2.17. The Labute approximate surface area is 126 Å². The number of nitriles is 1. The van der Waals surface area contributed by atoms with Crippen molar-refractivity contribution in [3.8, 4) is 6.07 Å². The molecule has 0 aliphatic carbocycles. The number of aryl methyl sites for hydroxylation is 2. The molecule has 0 aliphatic rings. The second kappa shape index (κ2) is 5.00. The van der Waals surface area contributed by atoms with Gasteiger partial charge in [-0.05, 0) is 38.5 Å². The maximum Gasteiger partial charge on any atom is 0.277 e. The first-order valence-electron chi connectivity index (χ1n) is 6.73. The maximum absolute atomic E-state index is 12.3. The fourth-order valence-corrected chi connectivity index (χ4v) is 2.26. The Morgan fingerprint density at radius 3 is 2.64 bits per heavy atom. The standard InChI is InChI=1S/C15H14N6O/c1-7-4-11-12(5-10(7)6-16)19-21-14(11)17-15(22)13-8(2)9(3)18-20-13/h4-5H,1-3H3,(H,18,20)(H2,17,19,21,22). The molecule has 2 heterocycles. The fourth-order valence-electron chi connectivity index (χ4n) is 2.26. The lowest BCUT2D eigenvalue weighted by atomic mass is 10.1. The Kier molecular flexibility index (Phi) is 3.14. The third-order valence-corrected chi connectivity index (χ3v) is 3.73. The van der Waals surface area contributed by atoms with Gasteiger partial charge in [-0.2, -0.15) is 15.5 Å². The zero-order valence-corrected chi connectivity index (χ0v) is 12.4. The van der Waals surface area contributed by atoms with Gasteiger partial charge in [-0.3, -0.25) is 15.0 Å². The highest BCUT2D eigenvalue weighted by atomic mass is 16.2. The summed E-state index contributed by atoms with van der Waals surface area (Å²) >= 11 is 0. The molecular weight excluding hydrogens is 280 g/mol. The van der Waals surface area contributed by atoms with Crippen molar-refractivity contribution in [3.05, 3.63) is 40.2 Å². The first-order valence-corrected chi connectivity index (χ1v) is 6.73. The number of carbonyl (C=O) groups excluding carboxylic acids is 1. The van der Waals surface area contributed by atoms with Crippen LogP contribution in [0.1, 0.15) is 32.9 Å². The van der Waals surface area contributed by atoms with E-state index in [4.69, 9.17) is 5.26 Å². The molecule has 0 unspecified atom stereocenters. The van der Waals surface area contributed by atoms with Crippen LogP contribution in [0.2, 0.25) is 0 Å². The van der Waals surface area contributed by atoms with Gasteiger partial charge in [-0.15, -0.1) is 0 Å². The molecule has 0 aliphatic heterocycles. The second-order valence-electron chi connectivity index (χ2n) is 5.17. The highest BCUT2D eigenvalue weighted by molar-refractivity contribution is 6.07. The number of amides is 1. The molecule has 0 spiro atoms. The van der Waals surface area contributed by atoms with E-state index in [2.05, 4.69) is 31.8 Å². The number of carbonyl (C=O) groups is 1. The summed E-state index contributed by atoms with van der Waals surface area (Å²) in [5.41, 5.74) is 4.12. The Balaban J connectivity index is 1.98. The van der Waals surface area contributed by atoms with Crippen LogP contribution in [0.4, 0.5) is 5.82 Å². The number of nitrogens with zero attached hydrogens (tertiary/aromatic N) is 3. The first-order chi connectivity index (χ1) is 10.5.